The maximum atomic E-state index is 12.0. The molecule has 1 aromatic rings. The Morgan fingerprint density at radius 1 is 1.71 bits per heavy atom. The van der Waals surface area contributed by atoms with Gasteiger partial charge in [-0.25, -0.2) is 0 Å². The number of nitrogens with zero attached hydrogens (tertiary/aromatic N) is 2. The molecule has 0 radical (unpaired) electrons. The zero-order chi connectivity index (χ0) is 12.8. The fourth-order valence-corrected chi connectivity index (χ4v) is 1.85. The molecule has 0 aromatic carbocycles. The van der Waals surface area contributed by atoms with Gasteiger partial charge in [-0.05, 0) is 12.5 Å². The molecule has 17 heavy (non-hydrogen) atoms. The summed E-state index contributed by atoms with van der Waals surface area (Å²) >= 11 is 3.34. The quantitative estimate of drug-likeness (QED) is 0.801. The van der Waals surface area contributed by atoms with E-state index in [2.05, 4.69) is 26.3 Å². The van der Waals surface area contributed by atoms with Gasteiger partial charge in [-0.15, -0.1) is 0 Å². The van der Waals surface area contributed by atoms with Crippen LogP contribution in [0.15, 0.2) is 6.07 Å². The van der Waals surface area contributed by atoms with Crippen LogP contribution in [0.4, 0.5) is 0 Å². The number of aryl methyl sites for hydroxylation is 2. The summed E-state index contributed by atoms with van der Waals surface area (Å²) in [5.41, 5.74) is 1.49. The first kappa shape index (κ1) is 14.2. The highest BCUT2D eigenvalue weighted by Gasteiger charge is 2.16. The number of methoxy groups -OCH3 is 1. The lowest BCUT2D eigenvalue weighted by Gasteiger charge is -2.14. The monoisotopic (exact) mass is 303 g/mol. The van der Waals surface area contributed by atoms with E-state index in [0.717, 1.165) is 12.1 Å². The van der Waals surface area contributed by atoms with Crippen molar-refractivity contribution < 1.29 is 9.53 Å². The molecule has 0 saturated carbocycles. The Hall–Kier alpha value is -0.880. The van der Waals surface area contributed by atoms with E-state index in [-0.39, 0.29) is 11.9 Å². The molecule has 5 nitrogen and oxygen atoms in total. The van der Waals surface area contributed by atoms with Crippen LogP contribution in [0.5, 0.6) is 0 Å². The van der Waals surface area contributed by atoms with Crippen molar-refractivity contribution in [3.05, 3.63) is 17.5 Å². The molecule has 1 heterocycles. The van der Waals surface area contributed by atoms with Gasteiger partial charge in [0.1, 0.15) is 5.69 Å². The van der Waals surface area contributed by atoms with Crippen LogP contribution < -0.4 is 5.32 Å². The number of amides is 1. The molecule has 1 unspecified atom stereocenters. The normalized spacial score (nSPS) is 12.5. The van der Waals surface area contributed by atoms with Gasteiger partial charge in [0.05, 0.1) is 18.3 Å². The van der Waals surface area contributed by atoms with Gasteiger partial charge in [0.2, 0.25) is 0 Å². The lowest BCUT2D eigenvalue weighted by molar-refractivity contribution is 0.0898. The van der Waals surface area contributed by atoms with E-state index >= 15 is 0 Å². The maximum absolute atomic E-state index is 12.0. The molecule has 0 aliphatic heterocycles. The number of halogens is 1. The van der Waals surface area contributed by atoms with Gasteiger partial charge in [-0.1, -0.05) is 22.9 Å². The summed E-state index contributed by atoms with van der Waals surface area (Å²) in [7, 11) is 3.38. The Labute approximate surface area is 110 Å². The number of hydrogen-bond donors (Lipinski definition) is 1. The Morgan fingerprint density at radius 2 is 2.41 bits per heavy atom. The second-order valence-electron chi connectivity index (χ2n) is 3.78. The molecule has 1 aromatic heterocycles. The summed E-state index contributed by atoms with van der Waals surface area (Å²) in [5.74, 6) is -0.124. The Kier molecular flexibility index (Phi) is 5.64. The number of aromatic nitrogens is 2. The van der Waals surface area contributed by atoms with Crippen LogP contribution in [0.25, 0.3) is 0 Å². The van der Waals surface area contributed by atoms with Crippen LogP contribution in [0.1, 0.15) is 23.1 Å². The molecule has 0 saturated heterocycles. The molecule has 6 heteroatoms. The van der Waals surface area contributed by atoms with Crippen molar-refractivity contribution in [1.82, 2.24) is 15.1 Å². The molecular formula is C11H18BrN3O2. The van der Waals surface area contributed by atoms with Crippen molar-refractivity contribution in [1.29, 1.82) is 0 Å². The lowest BCUT2D eigenvalue weighted by Crippen LogP contribution is -2.39. The molecule has 0 aliphatic carbocycles. The van der Waals surface area contributed by atoms with Gasteiger partial charge < -0.3 is 10.1 Å². The molecule has 1 atom stereocenters. The minimum absolute atomic E-state index is 0.0347. The molecule has 96 valence electrons. The van der Waals surface area contributed by atoms with Crippen molar-refractivity contribution in [2.24, 2.45) is 7.05 Å². The number of nitrogens with one attached hydrogen (secondary N) is 1. The van der Waals surface area contributed by atoms with E-state index in [9.17, 15) is 4.79 Å². The zero-order valence-corrected chi connectivity index (χ0v) is 12.0. The summed E-state index contributed by atoms with van der Waals surface area (Å²) in [6, 6.07) is 1.78. The van der Waals surface area contributed by atoms with Gasteiger partial charge in [-0.3, -0.25) is 9.48 Å². The summed E-state index contributed by atoms with van der Waals surface area (Å²) in [6.07, 6.45) is 0.821. The maximum Gasteiger partial charge on any atom is 0.269 e. The number of hydrogen-bond acceptors (Lipinski definition) is 3. The average Bonchev–Trinajstić information content (AvgIpc) is 2.70. The van der Waals surface area contributed by atoms with E-state index in [1.165, 1.54) is 0 Å². The Morgan fingerprint density at radius 3 is 2.88 bits per heavy atom. The van der Waals surface area contributed by atoms with Crippen LogP contribution in [0.2, 0.25) is 0 Å². The van der Waals surface area contributed by atoms with Crippen LogP contribution in [0, 0.1) is 0 Å². The topological polar surface area (TPSA) is 56.1 Å². The third kappa shape index (κ3) is 3.81. The zero-order valence-electron chi connectivity index (χ0n) is 10.4. The Balaban J connectivity index is 2.71. The first-order chi connectivity index (χ1) is 8.12. The van der Waals surface area contributed by atoms with Crippen LogP contribution in [-0.2, 0) is 18.2 Å². The summed E-state index contributed by atoms with van der Waals surface area (Å²) in [6.45, 7) is 2.49. The van der Waals surface area contributed by atoms with Crippen LogP contribution in [0.3, 0.4) is 0 Å². The van der Waals surface area contributed by atoms with E-state index in [1.807, 2.05) is 13.0 Å². The van der Waals surface area contributed by atoms with Gasteiger partial charge >= 0.3 is 0 Å². The highest BCUT2D eigenvalue weighted by Crippen LogP contribution is 2.04. The standard InChI is InChI=1S/C11H18BrN3O2/c1-4-8-5-10(15(2)14-8)11(16)13-9(6-12)7-17-3/h5,9H,4,6-7H2,1-3H3,(H,13,16). The highest BCUT2D eigenvalue weighted by molar-refractivity contribution is 9.09. The molecule has 1 amide bonds. The first-order valence-electron chi connectivity index (χ1n) is 5.51. The third-order valence-electron chi connectivity index (χ3n) is 2.41. The molecule has 0 spiro atoms. The van der Waals surface area contributed by atoms with E-state index in [4.69, 9.17) is 4.74 Å². The van der Waals surface area contributed by atoms with Crippen LogP contribution >= 0.6 is 15.9 Å². The fourth-order valence-electron chi connectivity index (χ4n) is 1.50. The number of carbonyl (C=O) groups excluding carboxylic acids is 1. The predicted octanol–water partition coefficient (Wildman–Crippen LogP) is 1.12. The number of rotatable bonds is 6. The second-order valence-corrected chi connectivity index (χ2v) is 4.43. The second kappa shape index (κ2) is 6.76. The van der Waals surface area contributed by atoms with Gasteiger partial charge in [0.25, 0.3) is 5.91 Å². The molecule has 1 rings (SSSR count). The first-order valence-corrected chi connectivity index (χ1v) is 6.63. The van der Waals surface area contributed by atoms with Gasteiger partial charge in [0.15, 0.2) is 0 Å². The van der Waals surface area contributed by atoms with Gasteiger partial charge in [0, 0.05) is 19.5 Å². The Bertz CT molecular complexity index is 379. The SMILES string of the molecule is CCc1cc(C(=O)NC(CBr)COC)n(C)n1. The van der Waals surface area contributed by atoms with Gasteiger partial charge in [-0.2, -0.15) is 5.10 Å². The number of ether oxygens (including phenoxy) is 1. The van der Waals surface area contributed by atoms with Crippen molar-refractivity contribution >= 4 is 21.8 Å². The average molecular weight is 304 g/mol. The summed E-state index contributed by atoms with van der Waals surface area (Å²) in [5, 5.41) is 7.79. The van der Waals surface area contributed by atoms with Crippen molar-refractivity contribution in [3.63, 3.8) is 0 Å². The third-order valence-corrected chi connectivity index (χ3v) is 3.20. The van der Waals surface area contributed by atoms with E-state index in [0.29, 0.717) is 17.6 Å². The molecule has 0 aliphatic rings. The molecule has 1 N–H and O–H groups in total. The number of carbonyl (C=O) groups is 1. The van der Waals surface area contributed by atoms with E-state index < -0.39 is 0 Å². The molecule has 0 bridgehead atoms. The largest absolute Gasteiger partial charge is 0.383 e. The molecular weight excluding hydrogens is 286 g/mol. The van der Waals surface area contributed by atoms with E-state index in [1.54, 1.807) is 18.8 Å². The number of alkyl halides is 1. The predicted molar refractivity (Wildman–Crippen MR) is 69.5 cm³/mol. The highest BCUT2D eigenvalue weighted by atomic mass is 79.9. The minimum atomic E-state index is -0.124. The smallest absolute Gasteiger partial charge is 0.269 e. The lowest BCUT2D eigenvalue weighted by atomic mass is 10.2. The van der Waals surface area contributed by atoms with Crippen molar-refractivity contribution in [2.75, 3.05) is 19.0 Å². The van der Waals surface area contributed by atoms with Crippen molar-refractivity contribution in [3.8, 4) is 0 Å². The summed E-state index contributed by atoms with van der Waals surface area (Å²) < 4.78 is 6.62. The van der Waals surface area contributed by atoms with Crippen molar-refractivity contribution in [2.45, 2.75) is 19.4 Å². The minimum Gasteiger partial charge on any atom is -0.383 e. The summed E-state index contributed by atoms with van der Waals surface area (Å²) in [4.78, 5) is 12.0. The molecule has 0 fully saturated rings. The fraction of sp³-hybridized carbons (Fsp3) is 0.636. The van der Waals surface area contributed by atoms with Crippen LogP contribution in [-0.4, -0.2) is 40.8 Å².